The number of likely N-dealkylation sites (N-methyl/N-ethyl adjacent to an activating group) is 1. The van der Waals surface area contributed by atoms with Gasteiger partial charge in [0.2, 0.25) is 0 Å². The van der Waals surface area contributed by atoms with Crippen molar-refractivity contribution in [3.05, 3.63) is 48.0 Å². The van der Waals surface area contributed by atoms with Crippen molar-refractivity contribution in [1.29, 1.82) is 0 Å². The second kappa shape index (κ2) is 12.1. The summed E-state index contributed by atoms with van der Waals surface area (Å²) in [6.07, 6.45) is 3.69. The third kappa shape index (κ3) is 7.66. The Morgan fingerprint density at radius 3 is 2.64 bits per heavy atom. The lowest BCUT2D eigenvalue weighted by molar-refractivity contribution is 0.180. The molecule has 2 N–H and O–H groups in total. The summed E-state index contributed by atoms with van der Waals surface area (Å²) in [5.74, 6) is 0.531. The summed E-state index contributed by atoms with van der Waals surface area (Å²) in [5, 5.41) is 11.2. The van der Waals surface area contributed by atoms with Crippen molar-refractivity contribution in [1.82, 2.24) is 25.3 Å². The molecule has 7 nitrogen and oxygen atoms in total. The number of aliphatic imine (C=N–C) groups is 1. The Morgan fingerprint density at radius 2 is 1.93 bits per heavy atom. The molecular weight excluding hydrogens is 359 g/mol. The maximum Gasteiger partial charge on any atom is 0.191 e. The number of methoxy groups -OCH3 is 1. The highest BCUT2D eigenvalue weighted by Gasteiger charge is 2.04. The smallest absolute Gasteiger partial charge is 0.191 e. The second-order valence-corrected chi connectivity index (χ2v) is 6.55. The van der Waals surface area contributed by atoms with E-state index in [2.05, 4.69) is 32.7 Å². The lowest BCUT2D eigenvalue weighted by Crippen LogP contribution is -2.41. The first-order valence-electron chi connectivity index (χ1n) is 9.55. The van der Waals surface area contributed by atoms with Gasteiger partial charge in [-0.05, 0) is 43.8 Å². The number of nitrogens with zero attached hydrogens (tertiary/aromatic N) is 4. The number of nitrogens with one attached hydrogen (secondary N) is 2. The minimum atomic E-state index is -0.250. The lowest BCUT2D eigenvalue weighted by atomic mass is 10.3. The van der Waals surface area contributed by atoms with E-state index in [1.807, 2.05) is 12.3 Å². The minimum absolute atomic E-state index is 0.250. The molecule has 0 aliphatic carbocycles. The summed E-state index contributed by atoms with van der Waals surface area (Å²) in [4.78, 5) is 6.51. The van der Waals surface area contributed by atoms with Crippen LogP contribution in [0.5, 0.6) is 0 Å². The molecule has 0 saturated carbocycles. The van der Waals surface area contributed by atoms with E-state index in [0.29, 0.717) is 0 Å². The van der Waals surface area contributed by atoms with Gasteiger partial charge in [0.1, 0.15) is 5.82 Å². The molecule has 1 aromatic heterocycles. The molecule has 0 aliphatic rings. The predicted molar refractivity (Wildman–Crippen MR) is 111 cm³/mol. The highest BCUT2D eigenvalue weighted by atomic mass is 19.1. The van der Waals surface area contributed by atoms with E-state index in [1.54, 1.807) is 31.0 Å². The molecule has 0 fully saturated rings. The van der Waals surface area contributed by atoms with Crippen LogP contribution in [-0.2, 0) is 11.2 Å². The summed E-state index contributed by atoms with van der Waals surface area (Å²) < 4.78 is 19.8. The van der Waals surface area contributed by atoms with Crippen LogP contribution in [0.1, 0.15) is 12.1 Å². The van der Waals surface area contributed by atoms with Gasteiger partial charge < -0.3 is 20.3 Å². The van der Waals surface area contributed by atoms with Gasteiger partial charge in [0.15, 0.2) is 5.96 Å². The molecule has 0 saturated heterocycles. The standard InChI is InChI=1S/C20H31FN6O/c1-22-20(24-12-15-26(2)13-4-16-28-3)23-11-9-18-10-14-27(25-18)19-7-5-17(21)6-8-19/h5-8,10,14H,4,9,11-13,15-16H2,1-3H3,(H2,22,23,24). The molecule has 1 aromatic carbocycles. The zero-order valence-electron chi connectivity index (χ0n) is 17.0. The first-order chi connectivity index (χ1) is 13.6. The van der Waals surface area contributed by atoms with Crippen LogP contribution in [0, 0.1) is 5.82 Å². The van der Waals surface area contributed by atoms with Crippen molar-refractivity contribution in [2.45, 2.75) is 12.8 Å². The van der Waals surface area contributed by atoms with Gasteiger partial charge in [-0.15, -0.1) is 0 Å². The summed E-state index contributed by atoms with van der Waals surface area (Å²) in [5.41, 5.74) is 1.80. The fraction of sp³-hybridized carbons (Fsp3) is 0.500. The molecule has 154 valence electrons. The third-order valence-electron chi connectivity index (χ3n) is 4.31. The Morgan fingerprint density at radius 1 is 1.18 bits per heavy atom. The monoisotopic (exact) mass is 390 g/mol. The maximum absolute atomic E-state index is 13.0. The van der Waals surface area contributed by atoms with Gasteiger partial charge in [-0.3, -0.25) is 4.99 Å². The molecule has 0 amide bonds. The molecule has 2 aromatic rings. The number of rotatable bonds is 11. The lowest BCUT2D eigenvalue weighted by Gasteiger charge is -2.18. The van der Waals surface area contributed by atoms with Crippen LogP contribution in [0.2, 0.25) is 0 Å². The van der Waals surface area contributed by atoms with Gasteiger partial charge in [-0.25, -0.2) is 9.07 Å². The van der Waals surface area contributed by atoms with E-state index >= 15 is 0 Å². The Labute approximate surface area is 166 Å². The van der Waals surface area contributed by atoms with Crippen LogP contribution < -0.4 is 10.6 Å². The van der Waals surface area contributed by atoms with E-state index in [4.69, 9.17) is 4.74 Å². The van der Waals surface area contributed by atoms with Crippen LogP contribution in [-0.4, -0.2) is 74.6 Å². The van der Waals surface area contributed by atoms with E-state index in [9.17, 15) is 4.39 Å². The Bertz CT molecular complexity index is 716. The minimum Gasteiger partial charge on any atom is -0.385 e. The molecule has 0 aliphatic heterocycles. The van der Waals surface area contributed by atoms with Gasteiger partial charge in [-0.2, -0.15) is 5.10 Å². The first kappa shape index (κ1) is 21.8. The van der Waals surface area contributed by atoms with Gasteiger partial charge >= 0.3 is 0 Å². The number of benzene rings is 1. The Hall–Kier alpha value is -2.45. The van der Waals surface area contributed by atoms with E-state index < -0.39 is 0 Å². The van der Waals surface area contributed by atoms with Gasteiger partial charge in [0, 0.05) is 59.6 Å². The maximum atomic E-state index is 13.0. The van der Waals surface area contributed by atoms with Crippen molar-refractivity contribution in [2.24, 2.45) is 4.99 Å². The number of hydrogen-bond donors (Lipinski definition) is 2. The van der Waals surface area contributed by atoms with Crippen molar-refractivity contribution < 1.29 is 9.13 Å². The number of ether oxygens (including phenoxy) is 1. The van der Waals surface area contributed by atoms with Crippen molar-refractivity contribution in [3.8, 4) is 5.69 Å². The summed E-state index contributed by atoms with van der Waals surface area (Å²) >= 11 is 0. The Balaban J connectivity index is 1.68. The molecule has 0 atom stereocenters. The normalized spacial score (nSPS) is 11.8. The average Bonchev–Trinajstić information content (AvgIpc) is 3.16. The van der Waals surface area contributed by atoms with E-state index in [-0.39, 0.29) is 5.82 Å². The van der Waals surface area contributed by atoms with Crippen molar-refractivity contribution in [3.63, 3.8) is 0 Å². The number of halogens is 1. The molecule has 1 heterocycles. The largest absolute Gasteiger partial charge is 0.385 e. The number of hydrogen-bond acceptors (Lipinski definition) is 4. The number of guanidine groups is 1. The second-order valence-electron chi connectivity index (χ2n) is 6.55. The predicted octanol–water partition coefficient (Wildman–Crippen LogP) is 1.69. The summed E-state index contributed by atoms with van der Waals surface area (Å²) in [7, 11) is 5.59. The highest BCUT2D eigenvalue weighted by molar-refractivity contribution is 5.79. The Kier molecular flexibility index (Phi) is 9.44. The fourth-order valence-electron chi connectivity index (χ4n) is 2.72. The summed E-state index contributed by atoms with van der Waals surface area (Å²) in [6.45, 7) is 4.29. The van der Waals surface area contributed by atoms with Crippen LogP contribution in [0.15, 0.2) is 41.5 Å². The van der Waals surface area contributed by atoms with E-state index in [0.717, 1.165) is 63.0 Å². The topological polar surface area (TPSA) is 66.7 Å². The molecule has 0 unspecified atom stereocenters. The van der Waals surface area contributed by atoms with Crippen LogP contribution in [0.3, 0.4) is 0 Å². The zero-order valence-corrected chi connectivity index (χ0v) is 17.0. The SMILES string of the molecule is CN=C(NCCc1ccn(-c2ccc(F)cc2)n1)NCCN(C)CCCOC. The molecule has 28 heavy (non-hydrogen) atoms. The first-order valence-corrected chi connectivity index (χ1v) is 9.55. The molecular formula is C20H31FN6O. The van der Waals surface area contributed by atoms with Crippen LogP contribution >= 0.6 is 0 Å². The highest BCUT2D eigenvalue weighted by Crippen LogP contribution is 2.09. The zero-order chi connectivity index (χ0) is 20.2. The fourth-order valence-corrected chi connectivity index (χ4v) is 2.72. The molecule has 0 bridgehead atoms. The average molecular weight is 391 g/mol. The molecule has 0 spiro atoms. The van der Waals surface area contributed by atoms with Gasteiger partial charge in [-0.1, -0.05) is 0 Å². The molecule has 8 heteroatoms. The van der Waals surface area contributed by atoms with Gasteiger partial charge in [0.25, 0.3) is 0 Å². The van der Waals surface area contributed by atoms with Crippen molar-refractivity contribution >= 4 is 5.96 Å². The number of aromatic nitrogens is 2. The van der Waals surface area contributed by atoms with Crippen molar-refractivity contribution in [2.75, 3.05) is 54.0 Å². The van der Waals surface area contributed by atoms with Gasteiger partial charge in [0.05, 0.1) is 11.4 Å². The van der Waals surface area contributed by atoms with E-state index in [1.165, 1.54) is 12.1 Å². The quantitative estimate of drug-likeness (QED) is 0.347. The third-order valence-corrected chi connectivity index (χ3v) is 4.31. The molecule has 0 radical (unpaired) electrons. The van der Waals surface area contributed by atoms with Crippen LogP contribution in [0.4, 0.5) is 4.39 Å². The van der Waals surface area contributed by atoms with Crippen LogP contribution in [0.25, 0.3) is 5.69 Å². The summed E-state index contributed by atoms with van der Waals surface area (Å²) in [6, 6.07) is 8.26. The molecule has 2 rings (SSSR count).